The van der Waals surface area contributed by atoms with Gasteiger partial charge in [0.2, 0.25) is 0 Å². The second-order valence-corrected chi connectivity index (χ2v) is 7.29. The van der Waals surface area contributed by atoms with Gasteiger partial charge in [0.1, 0.15) is 0 Å². The van der Waals surface area contributed by atoms with Gasteiger partial charge < -0.3 is 11.2 Å². The van der Waals surface area contributed by atoms with E-state index in [0.717, 1.165) is 39.2 Å². The number of aryl methyl sites for hydroxylation is 2. The van der Waals surface area contributed by atoms with Crippen LogP contribution in [-0.4, -0.2) is 4.68 Å². The number of nitrogens with one attached hydrogen (secondary N) is 1. The molecule has 0 aliphatic carbocycles. The lowest BCUT2D eigenvalue weighted by atomic mass is 9.90. The van der Waals surface area contributed by atoms with Crippen molar-refractivity contribution in [2.45, 2.75) is 13.8 Å². The molecular weight excluding hydrogens is 334 g/mol. The first-order valence-electron chi connectivity index (χ1n) is 8.89. The molecule has 3 N–H and O–H groups in total. The van der Waals surface area contributed by atoms with Crippen LogP contribution in [0.4, 0.5) is 11.4 Å². The van der Waals surface area contributed by atoms with E-state index in [4.69, 9.17) is 5.84 Å². The summed E-state index contributed by atoms with van der Waals surface area (Å²) < 4.78 is 1.60. The van der Waals surface area contributed by atoms with Crippen LogP contribution >= 0.6 is 0 Å². The molecule has 0 radical (unpaired) electrons. The van der Waals surface area contributed by atoms with Crippen LogP contribution in [0, 0.1) is 13.8 Å². The van der Waals surface area contributed by atoms with Crippen LogP contribution in [0.15, 0.2) is 59.9 Å². The summed E-state index contributed by atoms with van der Waals surface area (Å²) in [7, 11) is 0. The highest BCUT2D eigenvalue weighted by Crippen LogP contribution is 2.41. The Morgan fingerprint density at radius 2 is 1.52 bits per heavy atom. The highest BCUT2D eigenvalue weighted by Gasteiger charge is 2.21. The molecule has 4 heteroatoms. The van der Waals surface area contributed by atoms with Gasteiger partial charge in [-0.05, 0) is 55.8 Å². The first-order chi connectivity index (χ1) is 12.9. The van der Waals surface area contributed by atoms with E-state index in [1.807, 2.05) is 43.3 Å². The quantitative estimate of drug-likeness (QED) is 0.316. The molecule has 132 valence electrons. The monoisotopic (exact) mass is 353 g/mol. The van der Waals surface area contributed by atoms with Crippen LogP contribution in [0.1, 0.15) is 22.3 Å². The predicted molar refractivity (Wildman–Crippen MR) is 113 cm³/mol. The van der Waals surface area contributed by atoms with E-state index in [2.05, 4.69) is 31.0 Å². The highest BCUT2D eigenvalue weighted by atomic mass is 16.1. The molecule has 4 aromatic rings. The summed E-state index contributed by atoms with van der Waals surface area (Å²) in [5.74, 6) is 6.40. The smallest absolute Gasteiger partial charge is 0.197 e. The molecule has 0 bridgehead atoms. The van der Waals surface area contributed by atoms with Crippen molar-refractivity contribution >= 4 is 38.8 Å². The van der Waals surface area contributed by atoms with Gasteiger partial charge in [-0.3, -0.25) is 9.47 Å². The van der Waals surface area contributed by atoms with Gasteiger partial charge in [0.05, 0.1) is 16.4 Å². The van der Waals surface area contributed by atoms with Crippen LogP contribution in [0.2, 0.25) is 0 Å². The molecule has 0 saturated heterocycles. The molecule has 5 rings (SSSR count). The van der Waals surface area contributed by atoms with Gasteiger partial charge in [0.15, 0.2) is 5.43 Å². The van der Waals surface area contributed by atoms with Crippen LogP contribution in [0.5, 0.6) is 0 Å². The van der Waals surface area contributed by atoms with Crippen molar-refractivity contribution in [1.29, 1.82) is 0 Å². The number of hydrogen-bond acceptors (Lipinski definition) is 3. The lowest BCUT2D eigenvalue weighted by molar-refractivity contribution is 1.10. The summed E-state index contributed by atoms with van der Waals surface area (Å²) >= 11 is 0. The zero-order valence-corrected chi connectivity index (χ0v) is 15.3. The zero-order valence-electron chi connectivity index (χ0n) is 15.3. The topological polar surface area (TPSA) is 60.0 Å². The second kappa shape index (κ2) is 5.24. The van der Waals surface area contributed by atoms with E-state index in [1.54, 1.807) is 4.68 Å². The zero-order chi connectivity index (χ0) is 18.9. The summed E-state index contributed by atoms with van der Waals surface area (Å²) in [5, 5.41) is 4.68. The third-order valence-corrected chi connectivity index (χ3v) is 5.39. The second-order valence-electron chi connectivity index (χ2n) is 7.29. The number of pyridine rings is 1. The summed E-state index contributed by atoms with van der Waals surface area (Å²) in [6.07, 6.45) is 0. The maximum absolute atomic E-state index is 13.1. The number of nitrogens with zero attached hydrogens (tertiary/aromatic N) is 1. The molecule has 0 fully saturated rings. The lowest BCUT2D eigenvalue weighted by Crippen LogP contribution is -2.18. The Morgan fingerprint density at radius 3 is 2.33 bits per heavy atom. The van der Waals surface area contributed by atoms with Crippen molar-refractivity contribution in [2.24, 2.45) is 0 Å². The van der Waals surface area contributed by atoms with E-state index in [1.165, 1.54) is 5.56 Å². The Morgan fingerprint density at radius 1 is 0.852 bits per heavy atom. The van der Waals surface area contributed by atoms with Crippen molar-refractivity contribution in [3.8, 4) is 0 Å². The molecular formula is C23H19N3O. The molecule has 1 aliphatic heterocycles. The number of nitrogen functional groups attached to an aromatic ring is 1. The minimum Gasteiger partial charge on any atom is -0.354 e. The Bertz CT molecular complexity index is 1360. The van der Waals surface area contributed by atoms with Crippen molar-refractivity contribution in [3.63, 3.8) is 0 Å². The molecule has 1 aromatic heterocycles. The number of benzene rings is 3. The summed E-state index contributed by atoms with van der Waals surface area (Å²) in [6, 6.07) is 15.9. The fraction of sp³-hybridized carbons (Fsp3) is 0.0870. The van der Waals surface area contributed by atoms with Gasteiger partial charge in [0, 0.05) is 27.9 Å². The number of hydrogen-bond donors (Lipinski definition) is 2. The normalized spacial score (nSPS) is 12.7. The van der Waals surface area contributed by atoms with Crippen molar-refractivity contribution in [3.05, 3.63) is 87.6 Å². The van der Waals surface area contributed by atoms with Gasteiger partial charge in [0.25, 0.3) is 0 Å². The third kappa shape index (κ3) is 2.13. The van der Waals surface area contributed by atoms with Crippen molar-refractivity contribution in [1.82, 2.24) is 4.68 Å². The molecule has 3 aromatic carbocycles. The van der Waals surface area contributed by atoms with E-state index >= 15 is 0 Å². The minimum atomic E-state index is -0.00434. The maximum atomic E-state index is 13.1. The van der Waals surface area contributed by atoms with Crippen LogP contribution < -0.4 is 16.6 Å². The molecule has 0 amide bonds. The number of anilines is 2. The number of aromatic nitrogens is 1. The standard InChI is InChI=1S/C23H19N3O/c1-12-4-6-19-15(8-12)14(3)16-11-22-18(10-20(16)25-19)23(27)17-9-13(2)5-7-21(17)26(22)24/h4-11,25H,3,24H2,1-2H3. The Labute approximate surface area is 156 Å². The van der Waals surface area contributed by atoms with Gasteiger partial charge >= 0.3 is 0 Å². The molecule has 0 unspecified atom stereocenters. The SMILES string of the molecule is C=C1c2cc(C)ccc2Nc2cc3c(=O)c4cc(C)ccc4n(N)c3cc21. The Kier molecular flexibility index (Phi) is 3.05. The van der Waals surface area contributed by atoms with Gasteiger partial charge in [-0.2, -0.15) is 0 Å². The summed E-state index contributed by atoms with van der Waals surface area (Å²) in [4.78, 5) is 13.1. The maximum Gasteiger partial charge on any atom is 0.197 e. The Hall–Kier alpha value is -3.53. The first kappa shape index (κ1) is 15.7. The average molecular weight is 353 g/mol. The van der Waals surface area contributed by atoms with Crippen LogP contribution in [0.3, 0.4) is 0 Å². The first-order valence-corrected chi connectivity index (χ1v) is 8.89. The van der Waals surface area contributed by atoms with Gasteiger partial charge in [-0.25, -0.2) is 0 Å². The van der Waals surface area contributed by atoms with E-state index in [0.29, 0.717) is 16.3 Å². The Balaban J connectivity index is 1.86. The number of fused-ring (bicyclic) bond motifs is 4. The highest BCUT2D eigenvalue weighted by molar-refractivity contribution is 6.03. The lowest BCUT2D eigenvalue weighted by Gasteiger charge is -2.25. The molecule has 0 spiro atoms. The van der Waals surface area contributed by atoms with Gasteiger partial charge in [-0.15, -0.1) is 0 Å². The number of rotatable bonds is 0. The molecule has 1 aliphatic rings. The molecule has 0 saturated carbocycles. The molecule has 0 atom stereocenters. The number of nitrogens with two attached hydrogens (primary N) is 1. The summed E-state index contributed by atoms with van der Waals surface area (Å²) in [6.45, 7) is 8.34. The van der Waals surface area contributed by atoms with E-state index in [-0.39, 0.29) is 5.43 Å². The van der Waals surface area contributed by atoms with E-state index in [9.17, 15) is 4.79 Å². The fourth-order valence-electron chi connectivity index (χ4n) is 3.95. The van der Waals surface area contributed by atoms with Crippen LogP contribution in [0.25, 0.3) is 27.4 Å². The van der Waals surface area contributed by atoms with E-state index < -0.39 is 0 Å². The average Bonchev–Trinajstić information content (AvgIpc) is 2.66. The van der Waals surface area contributed by atoms with Gasteiger partial charge in [-0.1, -0.05) is 29.8 Å². The molecule has 27 heavy (non-hydrogen) atoms. The third-order valence-electron chi connectivity index (χ3n) is 5.39. The van der Waals surface area contributed by atoms with Crippen molar-refractivity contribution < 1.29 is 0 Å². The predicted octanol–water partition coefficient (Wildman–Crippen LogP) is 4.60. The van der Waals surface area contributed by atoms with Crippen LogP contribution in [-0.2, 0) is 0 Å². The minimum absolute atomic E-state index is 0.00434. The largest absolute Gasteiger partial charge is 0.354 e. The molecule has 4 nitrogen and oxygen atoms in total. The molecule has 2 heterocycles. The fourth-order valence-corrected chi connectivity index (χ4v) is 3.95. The van der Waals surface area contributed by atoms with Crippen molar-refractivity contribution in [2.75, 3.05) is 11.2 Å². The summed E-state index contributed by atoms with van der Waals surface area (Å²) in [5.41, 5.74) is 8.49.